The fourth-order valence-electron chi connectivity index (χ4n) is 1.97. The Morgan fingerprint density at radius 3 is 2.06 bits per heavy atom. The lowest BCUT2D eigenvalue weighted by molar-refractivity contribution is 0.300. The first-order chi connectivity index (χ1) is 7.72. The topological polar surface area (TPSA) is 9.23 Å². The van der Waals surface area contributed by atoms with Gasteiger partial charge in [0.2, 0.25) is 0 Å². The van der Waals surface area contributed by atoms with Crippen molar-refractivity contribution in [2.24, 2.45) is 0 Å². The van der Waals surface area contributed by atoms with E-state index in [-0.39, 0.29) is 0 Å². The van der Waals surface area contributed by atoms with Gasteiger partial charge in [0.05, 0.1) is 0 Å². The molecule has 0 saturated carbocycles. The maximum absolute atomic E-state index is 6.12. The minimum absolute atomic E-state index is 0.809. The fourth-order valence-corrected chi connectivity index (χ4v) is 4.35. The Hall–Kier alpha value is 0.177. The first-order valence-corrected chi connectivity index (χ1v) is 9.29. The van der Waals surface area contributed by atoms with E-state index in [2.05, 4.69) is 27.7 Å². The second kappa shape index (κ2) is 11.7. The van der Waals surface area contributed by atoms with E-state index in [0.29, 0.717) is 0 Å². The molecule has 0 saturated heterocycles. The molecule has 0 rings (SSSR count). The summed E-state index contributed by atoms with van der Waals surface area (Å²) < 4.78 is 6.12. The molecule has 16 heavy (non-hydrogen) atoms. The van der Waals surface area contributed by atoms with Crippen molar-refractivity contribution in [3.05, 3.63) is 0 Å². The van der Waals surface area contributed by atoms with Crippen LogP contribution in [-0.2, 0) is 4.43 Å². The molecule has 1 atom stereocenters. The van der Waals surface area contributed by atoms with E-state index in [9.17, 15) is 0 Å². The van der Waals surface area contributed by atoms with Gasteiger partial charge in [-0.25, -0.2) is 0 Å². The predicted molar refractivity (Wildman–Crippen MR) is 76.7 cm³/mol. The molecular weight excluding hydrogens is 212 g/mol. The zero-order chi connectivity index (χ0) is 12.2. The molecule has 2 heteroatoms. The van der Waals surface area contributed by atoms with Crippen molar-refractivity contribution in [1.29, 1.82) is 0 Å². The van der Waals surface area contributed by atoms with Gasteiger partial charge in [-0.3, -0.25) is 0 Å². The van der Waals surface area contributed by atoms with Crippen molar-refractivity contribution in [3.8, 4) is 0 Å². The van der Waals surface area contributed by atoms with Crippen molar-refractivity contribution in [3.63, 3.8) is 0 Å². The molecular formula is C14H32OSi. The number of rotatable bonds is 11. The molecule has 1 nitrogen and oxygen atoms in total. The molecule has 0 aromatic rings. The zero-order valence-electron chi connectivity index (χ0n) is 11.9. The van der Waals surface area contributed by atoms with E-state index < -0.39 is 9.04 Å². The minimum Gasteiger partial charge on any atom is -0.420 e. The first-order valence-electron chi connectivity index (χ1n) is 7.33. The number of hydrogen-bond donors (Lipinski definition) is 0. The quantitative estimate of drug-likeness (QED) is 0.371. The third-order valence-corrected chi connectivity index (χ3v) is 6.29. The van der Waals surface area contributed by atoms with Crippen molar-refractivity contribution in [1.82, 2.24) is 0 Å². The molecule has 0 heterocycles. The summed E-state index contributed by atoms with van der Waals surface area (Å²) in [6.07, 6.45) is 9.44. The van der Waals surface area contributed by atoms with Gasteiger partial charge in [-0.15, -0.1) is 0 Å². The van der Waals surface area contributed by atoms with Crippen LogP contribution in [0, 0.1) is 0 Å². The van der Waals surface area contributed by atoms with Crippen LogP contribution in [0.1, 0.15) is 72.6 Å². The SMILES string of the molecule is CCCCCC[SiH](OCCCCC)C(C)C. The van der Waals surface area contributed by atoms with Gasteiger partial charge in [0.1, 0.15) is 0 Å². The van der Waals surface area contributed by atoms with E-state index in [0.717, 1.165) is 12.1 Å². The second-order valence-electron chi connectivity index (χ2n) is 5.21. The summed E-state index contributed by atoms with van der Waals surface area (Å²) in [7, 11) is -0.892. The molecule has 0 aliphatic carbocycles. The Kier molecular flexibility index (Phi) is 11.8. The van der Waals surface area contributed by atoms with Gasteiger partial charge >= 0.3 is 0 Å². The predicted octanol–water partition coefficient (Wildman–Crippen LogP) is 4.91. The smallest absolute Gasteiger partial charge is 0.179 e. The van der Waals surface area contributed by atoms with Gasteiger partial charge in [0, 0.05) is 6.61 Å². The highest BCUT2D eigenvalue weighted by Crippen LogP contribution is 2.17. The molecule has 0 radical (unpaired) electrons. The summed E-state index contributed by atoms with van der Waals surface area (Å²) in [4.78, 5) is 0. The van der Waals surface area contributed by atoms with Crippen molar-refractivity contribution in [2.45, 2.75) is 84.2 Å². The van der Waals surface area contributed by atoms with Crippen LogP contribution in [0.3, 0.4) is 0 Å². The third-order valence-electron chi connectivity index (χ3n) is 3.17. The van der Waals surface area contributed by atoms with Crippen LogP contribution in [0.2, 0.25) is 11.6 Å². The monoisotopic (exact) mass is 244 g/mol. The summed E-state index contributed by atoms with van der Waals surface area (Å²) >= 11 is 0. The van der Waals surface area contributed by atoms with Gasteiger partial charge in [0.15, 0.2) is 9.04 Å². The maximum atomic E-state index is 6.12. The Balaban J connectivity index is 3.54. The highest BCUT2D eigenvalue weighted by molar-refractivity contribution is 6.53. The number of unbranched alkanes of at least 4 members (excludes halogenated alkanes) is 5. The molecule has 0 bridgehead atoms. The molecule has 0 N–H and O–H groups in total. The van der Waals surface area contributed by atoms with Gasteiger partial charge in [-0.2, -0.15) is 0 Å². The van der Waals surface area contributed by atoms with Crippen LogP contribution >= 0.6 is 0 Å². The molecule has 0 aliphatic rings. The summed E-state index contributed by atoms with van der Waals surface area (Å²) in [6, 6.07) is 1.39. The van der Waals surface area contributed by atoms with Gasteiger partial charge in [0.25, 0.3) is 0 Å². The maximum Gasteiger partial charge on any atom is 0.179 e. The summed E-state index contributed by atoms with van der Waals surface area (Å²) in [5.74, 6) is 0. The fraction of sp³-hybridized carbons (Fsp3) is 1.00. The van der Waals surface area contributed by atoms with E-state index in [4.69, 9.17) is 4.43 Å². The van der Waals surface area contributed by atoms with Crippen molar-refractivity contribution >= 4 is 9.04 Å². The third kappa shape index (κ3) is 9.41. The molecule has 98 valence electrons. The lowest BCUT2D eigenvalue weighted by Crippen LogP contribution is -2.22. The Labute approximate surface area is 105 Å². The second-order valence-corrected chi connectivity index (χ2v) is 8.53. The van der Waals surface area contributed by atoms with Crippen molar-refractivity contribution < 1.29 is 4.43 Å². The Bertz CT molecular complexity index is 125. The van der Waals surface area contributed by atoms with E-state index >= 15 is 0 Å². The molecule has 0 fully saturated rings. The van der Waals surface area contributed by atoms with Gasteiger partial charge < -0.3 is 4.43 Å². The molecule has 0 aromatic carbocycles. The summed E-state index contributed by atoms with van der Waals surface area (Å²) in [5.41, 5.74) is 0.809. The Morgan fingerprint density at radius 1 is 0.875 bits per heavy atom. The normalized spacial score (nSPS) is 13.3. The van der Waals surface area contributed by atoms with Gasteiger partial charge in [-0.05, 0) is 18.0 Å². The standard InChI is InChI=1S/C14H32OSi/c1-5-7-9-11-13-16(14(3)4)15-12-10-8-6-2/h14,16H,5-13H2,1-4H3. The zero-order valence-corrected chi connectivity index (χ0v) is 13.1. The van der Waals surface area contributed by atoms with E-state index in [1.54, 1.807) is 0 Å². The summed E-state index contributed by atoms with van der Waals surface area (Å²) in [6.45, 7) is 10.2. The first kappa shape index (κ1) is 16.2. The molecule has 1 unspecified atom stereocenters. The van der Waals surface area contributed by atoms with Crippen LogP contribution in [0.25, 0.3) is 0 Å². The molecule has 0 amide bonds. The highest BCUT2D eigenvalue weighted by atomic mass is 28.3. The van der Waals surface area contributed by atoms with Crippen LogP contribution in [-0.4, -0.2) is 15.6 Å². The lowest BCUT2D eigenvalue weighted by atomic mass is 10.2. The molecule has 0 aromatic heterocycles. The molecule has 0 spiro atoms. The van der Waals surface area contributed by atoms with Crippen LogP contribution in [0.15, 0.2) is 0 Å². The van der Waals surface area contributed by atoms with E-state index in [1.807, 2.05) is 0 Å². The average molecular weight is 244 g/mol. The summed E-state index contributed by atoms with van der Waals surface area (Å²) in [5, 5.41) is 0. The molecule has 0 aliphatic heterocycles. The number of hydrogen-bond acceptors (Lipinski definition) is 1. The van der Waals surface area contributed by atoms with Crippen LogP contribution in [0.4, 0.5) is 0 Å². The highest BCUT2D eigenvalue weighted by Gasteiger charge is 2.15. The van der Waals surface area contributed by atoms with E-state index in [1.165, 1.54) is 51.0 Å². The van der Waals surface area contributed by atoms with Gasteiger partial charge in [-0.1, -0.05) is 66.2 Å². The Morgan fingerprint density at radius 2 is 1.50 bits per heavy atom. The van der Waals surface area contributed by atoms with Crippen LogP contribution in [0.5, 0.6) is 0 Å². The average Bonchev–Trinajstić information content (AvgIpc) is 2.26. The van der Waals surface area contributed by atoms with Crippen molar-refractivity contribution in [2.75, 3.05) is 6.61 Å². The largest absolute Gasteiger partial charge is 0.420 e. The lowest BCUT2D eigenvalue weighted by Gasteiger charge is -2.19. The van der Waals surface area contributed by atoms with Crippen LogP contribution < -0.4 is 0 Å². The minimum atomic E-state index is -0.892.